The van der Waals surface area contributed by atoms with E-state index in [4.69, 9.17) is 14.6 Å². The van der Waals surface area contributed by atoms with Gasteiger partial charge in [0.2, 0.25) is 0 Å². The largest absolute Gasteiger partial charge is 0.493 e. The Morgan fingerprint density at radius 3 is 2.21 bits per heavy atom. The van der Waals surface area contributed by atoms with Crippen LogP contribution in [0.5, 0.6) is 11.5 Å². The molecular formula is C20H24N4O5. The molecule has 9 heteroatoms. The van der Waals surface area contributed by atoms with E-state index in [1.807, 2.05) is 12.1 Å². The van der Waals surface area contributed by atoms with E-state index >= 15 is 0 Å². The van der Waals surface area contributed by atoms with Crippen LogP contribution in [0.3, 0.4) is 0 Å². The third-order valence-corrected chi connectivity index (χ3v) is 4.69. The molecule has 0 radical (unpaired) electrons. The Morgan fingerprint density at radius 2 is 1.62 bits per heavy atom. The molecule has 2 aromatic rings. The maximum Gasteiger partial charge on any atom is 0.407 e. The molecule has 1 aliphatic rings. The number of anilines is 3. The second-order valence-electron chi connectivity index (χ2n) is 6.42. The second-order valence-corrected chi connectivity index (χ2v) is 6.42. The summed E-state index contributed by atoms with van der Waals surface area (Å²) in [6, 6.07) is 12.2. The number of nitrogens with zero attached hydrogens (tertiary/aromatic N) is 2. The van der Waals surface area contributed by atoms with Crippen LogP contribution in [0.4, 0.5) is 26.7 Å². The van der Waals surface area contributed by atoms with Gasteiger partial charge in [-0.25, -0.2) is 9.59 Å². The van der Waals surface area contributed by atoms with Crippen LogP contribution in [0.1, 0.15) is 0 Å². The molecule has 1 fully saturated rings. The monoisotopic (exact) mass is 400 g/mol. The normalized spacial score (nSPS) is 13.6. The summed E-state index contributed by atoms with van der Waals surface area (Å²) < 4.78 is 10.5. The Bertz CT molecular complexity index is 864. The topological polar surface area (TPSA) is 103 Å². The van der Waals surface area contributed by atoms with Crippen molar-refractivity contribution in [2.24, 2.45) is 0 Å². The highest BCUT2D eigenvalue weighted by molar-refractivity contribution is 6.01. The number of carboxylic acid groups (broad SMARTS) is 1. The lowest BCUT2D eigenvalue weighted by Crippen LogP contribution is -2.48. The number of hydrogen-bond donors (Lipinski definition) is 3. The molecule has 3 rings (SSSR count). The molecule has 0 aromatic heterocycles. The van der Waals surface area contributed by atoms with Gasteiger partial charge >= 0.3 is 12.1 Å². The van der Waals surface area contributed by atoms with E-state index in [1.165, 1.54) is 19.1 Å². The van der Waals surface area contributed by atoms with E-state index in [9.17, 15) is 9.59 Å². The lowest BCUT2D eigenvalue weighted by atomic mass is 10.2. The number of piperazine rings is 1. The van der Waals surface area contributed by atoms with Crippen LogP contribution < -0.4 is 25.0 Å². The highest BCUT2D eigenvalue weighted by atomic mass is 16.5. The molecule has 1 heterocycles. The SMILES string of the molecule is COc1cccc(NC(=O)Nc2ccc(N3CCN(C(=O)O)CC3)cc2)c1OC. The maximum atomic E-state index is 12.3. The number of carbonyl (C=O) groups excluding carboxylic acids is 1. The van der Waals surface area contributed by atoms with Gasteiger partial charge in [-0.15, -0.1) is 0 Å². The first-order chi connectivity index (χ1) is 14.0. The minimum absolute atomic E-state index is 0.403. The molecule has 2 aromatic carbocycles. The fraction of sp³-hybridized carbons (Fsp3) is 0.300. The van der Waals surface area contributed by atoms with Crippen LogP contribution in [-0.2, 0) is 0 Å². The van der Waals surface area contributed by atoms with Gasteiger partial charge in [0.25, 0.3) is 0 Å². The van der Waals surface area contributed by atoms with Crippen molar-refractivity contribution >= 4 is 29.2 Å². The van der Waals surface area contributed by atoms with Crippen LogP contribution in [0.25, 0.3) is 0 Å². The molecule has 3 amide bonds. The van der Waals surface area contributed by atoms with Crippen molar-refractivity contribution in [3.8, 4) is 11.5 Å². The molecule has 0 aliphatic carbocycles. The fourth-order valence-electron chi connectivity index (χ4n) is 3.18. The van der Waals surface area contributed by atoms with E-state index in [2.05, 4.69) is 15.5 Å². The number of hydrogen-bond acceptors (Lipinski definition) is 5. The zero-order valence-corrected chi connectivity index (χ0v) is 16.3. The minimum Gasteiger partial charge on any atom is -0.493 e. The fourth-order valence-corrected chi connectivity index (χ4v) is 3.18. The molecule has 0 unspecified atom stereocenters. The Labute approximate surface area is 168 Å². The van der Waals surface area contributed by atoms with E-state index in [-0.39, 0.29) is 0 Å². The van der Waals surface area contributed by atoms with E-state index in [1.54, 1.807) is 30.3 Å². The van der Waals surface area contributed by atoms with Crippen molar-refractivity contribution in [2.75, 3.05) is 55.9 Å². The Kier molecular flexibility index (Phi) is 6.28. The van der Waals surface area contributed by atoms with Crippen molar-refractivity contribution in [1.29, 1.82) is 0 Å². The standard InChI is InChI=1S/C20H24N4O5/c1-28-17-5-3-4-16(18(17)29-2)22-19(25)21-14-6-8-15(9-7-14)23-10-12-24(13-11-23)20(26)27/h3-9H,10-13H2,1-2H3,(H,26,27)(H2,21,22,25). The van der Waals surface area contributed by atoms with Gasteiger partial charge in [0.1, 0.15) is 0 Å². The Morgan fingerprint density at radius 1 is 0.931 bits per heavy atom. The Hall–Kier alpha value is -3.62. The number of rotatable bonds is 5. The van der Waals surface area contributed by atoms with Crippen LogP contribution in [0, 0.1) is 0 Å². The summed E-state index contributed by atoms with van der Waals surface area (Å²) in [5.41, 5.74) is 2.12. The lowest BCUT2D eigenvalue weighted by molar-refractivity contribution is 0.142. The van der Waals surface area contributed by atoms with E-state index in [0.29, 0.717) is 49.1 Å². The van der Waals surface area contributed by atoms with Crippen molar-refractivity contribution in [2.45, 2.75) is 0 Å². The van der Waals surface area contributed by atoms with Gasteiger partial charge < -0.3 is 35.0 Å². The van der Waals surface area contributed by atoms with Gasteiger partial charge in [0, 0.05) is 37.6 Å². The molecule has 154 valence electrons. The quantitative estimate of drug-likeness (QED) is 0.712. The summed E-state index contributed by atoms with van der Waals surface area (Å²) >= 11 is 0. The number of urea groups is 1. The molecule has 0 spiro atoms. The van der Waals surface area contributed by atoms with Gasteiger partial charge in [-0.2, -0.15) is 0 Å². The van der Waals surface area contributed by atoms with E-state index in [0.717, 1.165) is 5.69 Å². The van der Waals surface area contributed by atoms with Crippen LogP contribution in [0.2, 0.25) is 0 Å². The van der Waals surface area contributed by atoms with Crippen molar-refractivity contribution in [1.82, 2.24) is 4.90 Å². The van der Waals surface area contributed by atoms with Crippen LogP contribution >= 0.6 is 0 Å². The summed E-state index contributed by atoms with van der Waals surface area (Å²) in [7, 11) is 3.04. The summed E-state index contributed by atoms with van der Waals surface area (Å²) in [4.78, 5) is 26.9. The average molecular weight is 400 g/mol. The number of ether oxygens (including phenoxy) is 2. The zero-order valence-electron chi connectivity index (χ0n) is 16.3. The molecule has 1 saturated heterocycles. The summed E-state index contributed by atoms with van der Waals surface area (Å²) in [6.45, 7) is 2.21. The van der Waals surface area contributed by atoms with Crippen LogP contribution in [-0.4, -0.2) is 62.5 Å². The van der Waals surface area contributed by atoms with Gasteiger partial charge in [0.15, 0.2) is 11.5 Å². The molecular weight excluding hydrogens is 376 g/mol. The van der Waals surface area contributed by atoms with Gasteiger partial charge in [-0.1, -0.05) is 6.07 Å². The van der Waals surface area contributed by atoms with Crippen LogP contribution in [0.15, 0.2) is 42.5 Å². The zero-order chi connectivity index (χ0) is 20.8. The highest BCUT2D eigenvalue weighted by Crippen LogP contribution is 2.34. The first kappa shape index (κ1) is 20.1. The molecule has 0 bridgehead atoms. The third-order valence-electron chi connectivity index (χ3n) is 4.69. The highest BCUT2D eigenvalue weighted by Gasteiger charge is 2.20. The van der Waals surface area contributed by atoms with Crippen molar-refractivity contribution < 1.29 is 24.2 Å². The van der Waals surface area contributed by atoms with E-state index < -0.39 is 12.1 Å². The van der Waals surface area contributed by atoms with Gasteiger partial charge in [-0.3, -0.25) is 0 Å². The molecule has 0 saturated carbocycles. The smallest absolute Gasteiger partial charge is 0.407 e. The second kappa shape index (κ2) is 9.05. The first-order valence-electron chi connectivity index (χ1n) is 9.13. The lowest BCUT2D eigenvalue weighted by Gasteiger charge is -2.34. The molecule has 3 N–H and O–H groups in total. The Balaban J connectivity index is 1.59. The minimum atomic E-state index is -0.886. The predicted octanol–water partition coefficient (Wildman–Crippen LogP) is 3.15. The van der Waals surface area contributed by atoms with Crippen molar-refractivity contribution in [3.63, 3.8) is 0 Å². The van der Waals surface area contributed by atoms with Crippen molar-refractivity contribution in [3.05, 3.63) is 42.5 Å². The number of para-hydroxylation sites is 1. The number of nitrogens with one attached hydrogen (secondary N) is 2. The number of benzene rings is 2. The third kappa shape index (κ3) is 4.81. The molecule has 0 atom stereocenters. The summed E-state index contributed by atoms with van der Waals surface area (Å²) in [5.74, 6) is 0.971. The average Bonchev–Trinajstić information content (AvgIpc) is 2.74. The first-order valence-corrected chi connectivity index (χ1v) is 9.13. The number of carbonyl (C=O) groups is 2. The number of methoxy groups -OCH3 is 2. The predicted molar refractivity (Wildman–Crippen MR) is 110 cm³/mol. The summed E-state index contributed by atoms with van der Waals surface area (Å²) in [5, 5.41) is 14.6. The molecule has 9 nitrogen and oxygen atoms in total. The molecule has 29 heavy (non-hydrogen) atoms. The van der Waals surface area contributed by atoms with Gasteiger partial charge in [0.05, 0.1) is 19.9 Å². The summed E-state index contributed by atoms with van der Waals surface area (Å²) in [6.07, 6.45) is -0.886. The molecule has 1 aliphatic heterocycles. The number of amides is 3. The maximum absolute atomic E-state index is 12.3. The van der Waals surface area contributed by atoms with Gasteiger partial charge in [-0.05, 0) is 36.4 Å².